The number of rotatable bonds is 23. The fourth-order valence-electron chi connectivity index (χ4n) is 9.63. The molecule has 14 rings (SSSR count). The van der Waals surface area contributed by atoms with Crippen LogP contribution in [0.3, 0.4) is 0 Å². The van der Waals surface area contributed by atoms with Crippen molar-refractivity contribution in [2.24, 2.45) is 0 Å². The summed E-state index contributed by atoms with van der Waals surface area (Å²) in [5.41, 5.74) is 11.6. The molecular weight excluding hydrogens is 1510 g/mol. The summed E-state index contributed by atoms with van der Waals surface area (Å²) in [6.07, 6.45) is 60.4. The first-order valence-electron chi connectivity index (χ1n) is 43.2. The normalized spacial score (nSPS) is 9.40. The minimum atomic E-state index is 0.716. The number of hydrogen-bond acceptors (Lipinski definition) is 21. The van der Waals surface area contributed by atoms with E-state index in [1.807, 2.05) is 283 Å². The highest BCUT2D eigenvalue weighted by molar-refractivity contribution is 5.60. The first-order valence-corrected chi connectivity index (χ1v) is 43.2. The van der Waals surface area contributed by atoms with Gasteiger partial charge in [0.1, 0.15) is 56.0 Å². The molecule has 642 valence electrons. The topological polar surface area (TPSA) is 298 Å². The van der Waals surface area contributed by atoms with E-state index in [4.69, 9.17) is 0 Å². The summed E-state index contributed by atoms with van der Waals surface area (Å²) in [6, 6.07) is 27.2. The molecule has 0 unspecified atom stereocenters. The fourth-order valence-corrected chi connectivity index (χ4v) is 9.63. The molecule has 14 aromatic rings. The van der Waals surface area contributed by atoms with Gasteiger partial charge in [-0.05, 0) is 78.2 Å². The van der Waals surface area contributed by atoms with E-state index < -0.39 is 0 Å². The van der Waals surface area contributed by atoms with Crippen LogP contribution in [0.2, 0.25) is 0 Å². The van der Waals surface area contributed by atoms with Crippen LogP contribution in [0.25, 0.3) is 78.9 Å². The molecule has 0 bridgehead atoms. The summed E-state index contributed by atoms with van der Waals surface area (Å²) in [4.78, 5) is 41.0. The molecule has 0 atom stereocenters. The fraction of sp³-hybridized carbons (Fsp3) is 0.398. The summed E-state index contributed by atoms with van der Waals surface area (Å²) in [7, 11) is 0. The van der Waals surface area contributed by atoms with E-state index in [1.54, 1.807) is 105 Å². The first kappa shape index (κ1) is 106. The average Bonchev–Trinajstić information content (AvgIpc) is 0.888. The van der Waals surface area contributed by atoms with Crippen molar-refractivity contribution in [3.63, 3.8) is 0 Å². The first-order chi connectivity index (χ1) is 59.8. The Labute approximate surface area is 721 Å². The van der Waals surface area contributed by atoms with Gasteiger partial charge in [-0.2, -0.15) is 20.4 Å². The second-order valence-corrected chi connectivity index (χ2v) is 23.6. The molecule has 28 heteroatoms. The summed E-state index contributed by atoms with van der Waals surface area (Å²) in [6.45, 7) is 49.7. The minimum absolute atomic E-state index is 0.716. The molecule has 0 aromatic carbocycles. The highest BCUT2D eigenvalue weighted by atomic mass is 15.3. The molecule has 0 saturated carbocycles. The smallest absolute Gasteiger partial charge is 0.197 e. The van der Waals surface area contributed by atoms with Gasteiger partial charge in [-0.15, -0.1) is 0 Å². The Morgan fingerprint density at radius 1 is 0.215 bits per heavy atom. The third-order valence-electron chi connectivity index (χ3n) is 15.2. The highest BCUT2D eigenvalue weighted by Crippen LogP contribution is 2.17. The Bertz CT molecular complexity index is 4010. The maximum absolute atomic E-state index is 4.35. The number of aryl methyl sites for hydroxylation is 7. The van der Waals surface area contributed by atoms with Crippen LogP contribution in [-0.2, 0) is 45.8 Å². The van der Waals surface area contributed by atoms with Crippen LogP contribution in [0.5, 0.6) is 0 Å². The lowest BCUT2D eigenvalue weighted by Gasteiger charge is -1.97. The van der Waals surface area contributed by atoms with Gasteiger partial charge in [0, 0.05) is 188 Å². The van der Waals surface area contributed by atoms with E-state index in [0.29, 0.717) is 5.82 Å². The highest BCUT2D eigenvalue weighted by Gasteiger charge is 2.11. The van der Waals surface area contributed by atoms with Crippen LogP contribution in [-0.4, -0.2) is 106 Å². The minimum Gasteiger partial charge on any atom is -0.261 e. The molecule has 0 saturated heterocycles. The molecule has 121 heavy (non-hydrogen) atoms. The van der Waals surface area contributed by atoms with E-state index in [2.05, 4.69) is 154 Å². The van der Waals surface area contributed by atoms with E-state index in [1.165, 1.54) is 12.8 Å². The predicted octanol–water partition coefficient (Wildman–Crippen LogP) is 16.6. The molecule has 0 fully saturated rings. The maximum Gasteiger partial charge on any atom is 0.197 e. The van der Waals surface area contributed by atoms with Crippen molar-refractivity contribution in [3.05, 3.63) is 259 Å². The zero-order valence-electron chi connectivity index (χ0n) is 76.1. The van der Waals surface area contributed by atoms with E-state index in [0.717, 1.165) is 164 Å². The average molecular weight is 1650 g/mol. The summed E-state index contributed by atoms with van der Waals surface area (Å²) < 4.78 is 13.5. The van der Waals surface area contributed by atoms with Gasteiger partial charge in [-0.1, -0.05) is 191 Å². The third-order valence-corrected chi connectivity index (χ3v) is 15.2. The van der Waals surface area contributed by atoms with Crippen molar-refractivity contribution in [3.8, 4) is 78.9 Å². The van der Waals surface area contributed by atoms with E-state index in [9.17, 15) is 0 Å². The Balaban J connectivity index is 0.000000688. The standard InChI is InChI=1S/2C12H15N4.5C11H13N4.7C2H6/c1-2-3-8-16-9-5-11(10-15-16)12-13-6-4-7-14-12;1-2-3-7-16-8-5-11(9-15-16)12-4-6-13-10-14-12;1-2-6-15-7-3-10(8-14-15)11-9-12-4-5-13-11;1-2-7-15-8-4-10(9-14-15)11-12-5-3-6-13-11;1-2-6-15-7-4-10(8-14-15)11-3-5-12-9-13-11;1-2-6-15-7-4-11(9-14-15)10-3-5-12-13-8-10;1-2-7-15-8-5-10(9-13-15)11-4-3-6-12-14-11;7*1-2/h4-7,9-10H,2-3,8H2,1H3;4-6,8-10H,2-3,7H2,1H3;3-5,7-9H,2,6H2,1H3;3-6,8-9H,2,7H2,1H3;2*3-5,7-9H,2,6H2,1H3;3-6,8-9H,2,7H2,1H3;7*1-2H3/q7*+1;;;;;;;. The van der Waals surface area contributed by atoms with Gasteiger partial charge in [-0.25, -0.2) is 39.9 Å². The molecule has 0 spiro atoms. The van der Waals surface area contributed by atoms with Crippen LogP contribution in [0.1, 0.15) is 203 Å². The number of nitrogens with zero attached hydrogens (tertiary/aromatic N) is 28. The van der Waals surface area contributed by atoms with Gasteiger partial charge in [-0.3, -0.25) is 9.97 Å². The van der Waals surface area contributed by atoms with Gasteiger partial charge < -0.3 is 0 Å². The summed E-state index contributed by atoms with van der Waals surface area (Å²) in [5, 5.41) is 45.6. The van der Waals surface area contributed by atoms with Crippen LogP contribution in [0.4, 0.5) is 0 Å². The van der Waals surface area contributed by atoms with Gasteiger partial charge in [0.05, 0.1) is 41.4 Å². The van der Waals surface area contributed by atoms with Crippen molar-refractivity contribution < 1.29 is 32.8 Å². The second-order valence-electron chi connectivity index (χ2n) is 23.6. The quantitative estimate of drug-likeness (QED) is 0.0537. The molecule has 0 aliphatic carbocycles. The largest absolute Gasteiger partial charge is 0.261 e. The molecule has 0 aliphatic rings. The van der Waals surface area contributed by atoms with Gasteiger partial charge in [0.25, 0.3) is 0 Å². The molecule has 0 radical (unpaired) electrons. The van der Waals surface area contributed by atoms with Gasteiger partial charge >= 0.3 is 0 Å². The van der Waals surface area contributed by atoms with Crippen LogP contribution in [0, 0.1) is 0 Å². The van der Waals surface area contributed by atoms with Gasteiger partial charge in [0.15, 0.2) is 101 Å². The van der Waals surface area contributed by atoms with Crippen molar-refractivity contribution in [1.29, 1.82) is 0 Å². The van der Waals surface area contributed by atoms with E-state index in [-0.39, 0.29) is 0 Å². The maximum atomic E-state index is 4.35. The second kappa shape index (κ2) is 72.4. The zero-order chi connectivity index (χ0) is 89.0. The van der Waals surface area contributed by atoms with Gasteiger partial charge in [0.2, 0.25) is 0 Å². The van der Waals surface area contributed by atoms with Crippen LogP contribution in [0.15, 0.2) is 259 Å². The molecule has 28 nitrogen and oxygen atoms in total. The third kappa shape index (κ3) is 43.9. The molecule has 0 aliphatic heterocycles. The molecule has 14 aromatic heterocycles. The SMILES string of the molecule is CC.CC.CC.CC.CC.CC.CC.CCCC[n+]1ccc(-c2ccncn2)cn1.CCCC[n+]1ccc(-c2ncccn2)cn1.CCC[n+]1ccc(-c2cccnn2)cn1.CCC[n+]1ccc(-c2ccncn2)cn1.CCC[n+]1ccc(-c2ccnnc2)cn1.CCC[n+]1ccc(-c2cnccn2)cn1.CCC[n+]1ccc(-c2ncccn2)cn1. The summed E-state index contributed by atoms with van der Waals surface area (Å²) in [5.74, 6) is 1.44. The zero-order valence-corrected chi connectivity index (χ0v) is 76.1. The summed E-state index contributed by atoms with van der Waals surface area (Å²) >= 11 is 0. The Hall–Kier alpha value is -12.9. The van der Waals surface area contributed by atoms with Crippen molar-refractivity contribution in [2.75, 3.05) is 0 Å². The number of hydrogen-bond donors (Lipinski definition) is 0. The van der Waals surface area contributed by atoms with Crippen molar-refractivity contribution >= 4 is 0 Å². The lowest BCUT2D eigenvalue weighted by molar-refractivity contribution is -0.754. The molecular formula is C93H137N28+7. The van der Waals surface area contributed by atoms with E-state index >= 15 is 0 Å². The van der Waals surface area contributed by atoms with Crippen molar-refractivity contribution in [1.82, 2.24) is 106 Å². The Kier molecular flexibility index (Phi) is 63.5. The molecule has 14 heterocycles. The van der Waals surface area contributed by atoms with Crippen LogP contribution >= 0.6 is 0 Å². The van der Waals surface area contributed by atoms with Crippen molar-refractivity contribution in [2.45, 2.75) is 249 Å². The molecule has 0 amide bonds. The Morgan fingerprint density at radius 2 is 0.545 bits per heavy atom. The Morgan fingerprint density at radius 3 is 0.826 bits per heavy atom. The molecule has 0 N–H and O–H groups in total. The number of unbranched alkanes of at least 4 members (excludes halogenated alkanes) is 2. The number of aromatic nitrogens is 28. The lowest BCUT2D eigenvalue weighted by Crippen LogP contribution is -2.37. The monoisotopic (exact) mass is 1650 g/mol. The van der Waals surface area contributed by atoms with Crippen LogP contribution < -0.4 is 32.8 Å². The lowest BCUT2D eigenvalue weighted by atomic mass is 10.1. The predicted molar refractivity (Wildman–Crippen MR) is 479 cm³/mol.